The third-order valence-corrected chi connectivity index (χ3v) is 2.71. The van der Waals surface area contributed by atoms with Crippen LogP contribution in [-0.4, -0.2) is 47.8 Å². The van der Waals surface area contributed by atoms with Crippen LogP contribution in [0.2, 0.25) is 0 Å². The molecule has 6 heteroatoms. The van der Waals surface area contributed by atoms with E-state index in [0.29, 0.717) is 25.1 Å². The van der Waals surface area contributed by atoms with Crippen LogP contribution in [0.3, 0.4) is 0 Å². The molecule has 2 aliphatic rings. The first-order valence-electron chi connectivity index (χ1n) is 5.57. The summed E-state index contributed by atoms with van der Waals surface area (Å²) >= 11 is 0. The van der Waals surface area contributed by atoms with Gasteiger partial charge in [0.1, 0.15) is 11.3 Å². The van der Waals surface area contributed by atoms with E-state index in [1.54, 1.807) is 4.90 Å². The number of fused-ring (bicyclic) bond motifs is 1. The van der Waals surface area contributed by atoms with Crippen LogP contribution in [0.25, 0.3) is 0 Å². The van der Waals surface area contributed by atoms with Gasteiger partial charge in [-0.05, 0) is 20.8 Å². The van der Waals surface area contributed by atoms with Crippen LogP contribution in [0.5, 0.6) is 0 Å². The van der Waals surface area contributed by atoms with Gasteiger partial charge in [-0.25, -0.2) is 4.79 Å². The Morgan fingerprint density at radius 3 is 2.82 bits per heavy atom. The summed E-state index contributed by atoms with van der Waals surface area (Å²) in [7, 11) is 0. The number of rotatable bonds is 1. The Balaban J connectivity index is 1.97. The quantitative estimate of drug-likeness (QED) is 0.636. The molecule has 2 heterocycles. The molecule has 6 nitrogen and oxygen atoms in total. The molecule has 2 unspecified atom stereocenters. The molecule has 2 atom stereocenters. The normalized spacial score (nSPS) is 27.2. The van der Waals surface area contributed by atoms with Gasteiger partial charge >= 0.3 is 6.09 Å². The second-order valence-corrected chi connectivity index (χ2v) is 5.27. The Labute approximate surface area is 99.5 Å². The van der Waals surface area contributed by atoms with Gasteiger partial charge in [0.25, 0.3) is 0 Å². The average Bonchev–Trinajstić information content (AvgIpc) is 2.72. The molecule has 1 fully saturated rings. The number of hydrogen-bond donors (Lipinski definition) is 0. The second-order valence-electron chi connectivity index (χ2n) is 5.27. The Morgan fingerprint density at radius 2 is 2.24 bits per heavy atom. The highest BCUT2D eigenvalue weighted by molar-refractivity contribution is 6.29. The smallest absolute Gasteiger partial charge is 0.410 e. The molecule has 2 aliphatic heterocycles. The van der Waals surface area contributed by atoms with Gasteiger partial charge in [-0.1, -0.05) is 5.16 Å². The molecular formula is C11H16N2O4. The number of likely N-dealkylation sites (tertiary alicyclic amines) is 1. The number of aldehydes is 1. The van der Waals surface area contributed by atoms with Gasteiger partial charge in [-0.2, -0.15) is 0 Å². The topological polar surface area (TPSA) is 68.2 Å². The molecule has 0 spiro atoms. The highest BCUT2D eigenvalue weighted by atomic mass is 16.6. The molecule has 0 aliphatic carbocycles. The molecule has 1 saturated heterocycles. The lowest BCUT2D eigenvalue weighted by Crippen LogP contribution is -2.36. The van der Waals surface area contributed by atoms with Crippen LogP contribution < -0.4 is 0 Å². The molecule has 1 amide bonds. The van der Waals surface area contributed by atoms with Gasteiger partial charge in [-0.3, -0.25) is 4.79 Å². The minimum absolute atomic E-state index is 0.111. The molecule has 0 aromatic heterocycles. The Bertz CT molecular complexity index is 372. The lowest BCUT2D eigenvalue weighted by molar-refractivity contribution is -0.102. The van der Waals surface area contributed by atoms with Crippen molar-refractivity contribution < 1.29 is 19.2 Å². The van der Waals surface area contributed by atoms with Gasteiger partial charge in [0.05, 0.1) is 12.5 Å². The maximum absolute atomic E-state index is 11.8. The van der Waals surface area contributed by atoms with Crippen LogP contribution in [0.1, 0.15) is 20.8 Å². The van der Waals surface area contributed by atoms with Gasteiger partial charge in [0.2, 0.25) is 0 Å². The zero-order valence-corrected chi connectivity index (χ0v) is 10.2. The van der Waals surface area contributed by atoms with E-state index in [2.05, 4.69) is 5.16 Å². The van der Waals surface area contributed by atoms with Crippen LogP contribution in [-0.2, 0) is 14.4 Å². The third kappa shape index (κ3) is 2.40. The molecular weight excluding hydrogens is 224 g/mol. The fourth-order valence-electron chi connectivity index (χ4n) is 1.95. The average molecular weight is 240 g/mol. The standard InChI is InChI=1S/C11H16N2O4/c1-11(2,3)16-10(15)13-4-7-8(6-14)12-17-9(7)5-13/h6-7,9H,4-5H2,1-3H3. The summed E-state index contributed by atoms with van der Waals surface area (Å²) in [6.45, 7) is 6.29. The van der Waals surface area contributed by atoms with E-state index in [-0.39, 0.29) is 18.1 Å². The number of oxime groups is 1. The number of ether oxygens (including phenoxy) is 1. The highest BCUT2D eigenvalue weighted by Gasteiger charge is 2.44. The fourth-order valence-corrected chi connectivity index (χ4v) is 1.95. The Kier molecular flexibility index (Phi) is 2.81. The predicted octanol–water partition coefficient (Wildman–Crippen LogP) is 0.807. The fraction of sp³-hybridized carbons (Fsp3) is 0.727. The first-order chi connectivity index (χ1) is 7.90. The van der Waals surface area contributed by atoms with Gasteiger partial charge in [0.15, 0.2) is 12.4 Å². The van der Waals surface area contributed by atoms with Gasteiger partial charge in [0, 0.05) is 6.54 Å². The summed E-state index contributed by atoms with van der Waals surface area (Å²) in [6, 6.07) is 0. The zero-order valence-electron chi connectivity index (χ0n) is 10.2. The summed E-state index contributed by atoms with van der Waals surface area (Å²) in [6.07, 6.45) is 0.104. The number of carbonyl (C=O) groups excluding carboxylic acids is 2. The van der Waals surface area contributed by atoms with E-state index in [4.69, 9.17) is 9.57 Å². The van der Waals surface area contributed by atoms with Crippen LogP contribution in [0, 0.1) is 5.92 Å². The van der Waals surface area contributed by atoms with Gasteiger partial charge < -0.3 is 14.5 Å². The largest absolute Gasteiger partial charge is 0.444 e. The van der Waals surface area contributed by atoms with E-state index >= 15 is 0 Å². The SMILES string of the molecule is CC(C)(C)OC(=O)N1CC2ON=C(C=O)C2C1. The molecule has 0 N–H and O–H groups in total. The van der Waals surface area contributed by atoms with Crippen molar-refractivity contribution in [2.24, 2.45) is 11.1 Å². The lowest BCUT2D eigenvalue weighted by atomic mass is 10.0. The van der Waals surface area contributed by atoms with Gasteiger partial charge in [-0.15, -0.1) is 0 Å². The van der Waals surface area contributed by atoms with Crippen molar-refractivity contribution in [2.45, 2.75) is 32.5 Å². The molecule has 0 radical (unpaired) electrons. The van der Waals surface area contributed by atoms with E-state index < -0.39 is 5.60 Å². The lowest BCUT2D eigenvalue weighted by Gasteiger charge is -2.24. The first-order valence-corrected chi connectivity index (χ1v) is 5.57. The molecule has 17 heavy (non-hydrogen) atoms. The number of hydrogen-bond acceptors (Lipinski definition) is 5. The summed E-state index contributed by atoms with van der Waals surface area (Å²) in [5.74, 6) is -0.111. The number of amides is 1. The Hall–Kier alpha value is -1.59. The molecule has 0 bridgehead atoms. The molecule has 2 rings (SSSR count). The number of carbonyl (C=O) groups is 2. The maximum atomic E-state index is 11.8. The molecule has 94 valence electrons. The van der Waals surface area contributed by atoms with Crippen LogP contribution in [0.15, 0.2) is 5.16 Å². The van der Waals surface area contributed by atoms with Crippen molar-refractivity contribution in [3.63, 3.8) is 0 Å². The monoisotopic (exact) mass is 240 g/mol. The minimum atomic E-state index is -0.517. The molecule has 0 aromatic carbocycles. The Morgan fingerprint density at radius 1 is 1.53 bits per heavy atom. The molecule has 0 saturated carbocycles. The maximum Gasteiger partial charge on any atom is 0.410 e. The predicted molar refractivity (Wildman–Crippen MR) is 59.7 cm³/mol. The van der Waals surface area contributed by atoms with Crippen LogP contribution >= 0.6 is 0 Å². The summed E-state index contributed by atoms with van der Waals surface area (Å²) in [4.78, 5) is 29.2. The highest BCUT2D eigenvalue weighted by Crippen LogP contribution is 2.27. The summed E-state index contributed by atoms with van der Waals surface area (Å²) in [5, 5.41) is 3.68. The van der Waals surface area contributed by atoms with Crippen molar-refractivity contribution in [1.29, 1.82) is 0 Å². The van der Waals surface area contributed by atoms with Crippen molar-refractivity contribution in [3.8, 4) is 0 Å². The van der Waals surface area contributed by atoms with E-state index in [0.717, 1.165) is 0 Å². The minimum Gasteiger partial charge on any atom is -0.444 e. The van der Waals surface area contributed by atoms with Crippen molar-refractivity contribution in [1.82, 2.24) is 4.90 Å². The van der Waals surface area contributed by atoms with Crippen molar-refractivity contribution in [3.05, 3.63) is 0 Å². The zero-order chi connectivity index (χ0) is 12.6. The first kappa shape index (κ1) is 11.9. The number of nitrogens with zero attached hydrogens (tertiary/aromatic N) is 2. The van der Waals surface area contributed by atoms with Crippen molar-refractivity contribution >= 4 is 18.1 Å². The second kappa shape index (κ2) is 4.01. The van der Waals surface area contributed by atoms with E-state index in [9.17, 15) is 9.59 Å². The summed E-state index contributed by atoms with van der Waals surface area (Å²) in [5.41, 5.74) is -0.141. The third-order valence-electron chi connectivity index (χ3n) is 2.71. The van der Waals surface area contributed by atoms with Crippen LogP contribution in [0.4, 0.5) is 4.79 Å². The summed E-state index contributed by atoms with van der Waals surface area (Å²) < 4.78 is 5.26. The van der Waals surface area contributed by atoms with Crippen molar-refractivity contribution in [2.75, 3.05) is 13.1 Å². The molecule has 0 aromatic rings. The van der Waals surface area contributed by atoms with E-state index in [1.165, 1.54) is 0 Å². The van der Waals surface area contributed by atoms with E-state index in [1.807, 2.05) is 20.8 Å².